The minimum Gasteiger partial charge on any atom is -0.391 e. The lowest BCUT2D eigenvalue weighted by Crippen LogP contribution is -2.26. The molecule has 0 aliphatic rings. The molecule has 3 heteroatoms. The Balaban J connectivity index is 0.00000220. The predicted octanol–water partition coefficient (Wildman–Crippen LogP) is 4.37. The molecule has 0 aliphatic carbocycles. The molecule has 0 bridgehead atoms. The van der Waals surface area contributed by atoms with Gasteiger partial charge in [0.15, 0.2) is 0 Å². The Morgan fingerprint density at radius 2 is 1.62 bits per heavy atom. The summed E-state index contributed by atoms with van der Waals surface area (Å²) in [5, 5.41) is 12.7. The van der Waals surface area contributed by atoms with Crippen LogP contribution in [0.4, 0.5) is 0 Å². The second-order valence-electron chi connectivity index (χ2n) is 6.08. The number of benzene rings is 2. The topological polar surface area (TPSA) is 46.2 Å². The van der Waals surface area contributed by atoms with E-state index in [9.17, 15) is 5.11 Å². The SMILES string of the molecule is Cc1ccc([C@@H](N)[C@@H](O)CCC(C)C)c2ccccc12.Cl. The summed E-state index contributed by atoms with van der Waals surface area (Å²) in [5.41, 5.74) is 8.58. The zero-order chi connectivity index (χ0) is 14.7. The summed E-state index contributed by atoms with van der Waals surface area (Å²) in [6.07, 6.45) is 1.27. The van der Waals surface area contributed by atoms with Crippen molar-refractivity contribution in [2.24, 2.45) is 11.7 Å². The van der Waals surface area contributed by atoms with Crippen molar-refractivity contribution in [2.75, 3.05) is 0 Å². The average Bonchev–Trinajstić information content (AvgIpc) is 2.44. The molecule has 2 aromatic rings. The molecule has 0 radical (unpaired) electrons. The van der Waals surface area contributed by atoms with Crippen molar-refractivity contribution in [1.29, 1.82) is 0 Å². The molecule has 2 nitrogen and oxygen atoms in total. The second-order valence-corrected chi connectivity index (χ2v) is 6.08. The lowest BCUT2D eigenvalue weighted by atomic mass is 9.91. The van der Waals surface area contributed by atoms with Crippen molar-refractivity contribution >= 4 is 23.2 Å². The molecule has 0 amide bonds. The monoisotopic (exact) mass is 307 g/mol. The highest BCUT2D eigenvalue weighted by Crippen LogP contribution is 2.28. The normalized spacial score (nSPS) is 14.0. The van der Waals surface area contributed by atoms with E-state index < -0.39 is 6.10 Å². The van der Waals surface area contributed by atoms with E-state index in [2.05, 4.69) is 45.0 Å². The van der Waals surface area contributed by atoms with Gasteiger partial charge in [-0.05, 0) is 47.6 Å². The van der Waals surface area contributed by atoms with Crippen molar-refractivity contribution in [2.45, 2.75) is 45.8 Å². The van der Waals surface area contributed by atoms with E-state index in [1.54, 1.807) is 0 Å². The van der Waals surface area contributed by atoms with Gasteiger partial charge in [-0.15, -0.1) is 12.4 Å². The van der Waals surface area contributed by atoms with Crippen molar-refractivity contribution in [3.8, 4) is 0 Å². The Morgan fingerprint density at radius 3 is 2.24 bits per heavy atom. The van der Waals surface area contributed by atoms with E-state index in [-0.39, 0.29) is 18.4 Å². The molecular formula is C18H26ClNO. The highest BCUT2D eigenvalue weighted by Gasteiger charge is 2.19. The van der Waals surface area contributed by atoms with Crippen LogP contribution in [0.3, 0.4) is 0 Å². The number of aryl methyl sites for hydroxylation is 1. The maximum atomic E-state index is 10.3. The fourth-order valence-electron chi connectivity index (χ4n) is 2.65. The van der Waals surface area contributed by atoms with E-state index >= 15 is 0 Å². The Bertz CT molecular complexity index is 582. The predicted molar refractivity (Wildman–Crippen MR) is 92.9 cm³/mol. The van der Waals surface area contributed by atoms with Crippen LogP contribution in [-0.4, -0.2) is 11.2 Å². The van der Waals surface area contributed by atoms with Gasteiger partial charge in [0.25, 0.3) is 0 Å². The number of aliphatic hydroxyl groups excluding tert-OH is 1. The molecule has 2 aromatic carbocycles. The zero-order valence-electron chi connectivity index (χ0n) is 13.0. The third kappa shape index (κ3) is 4.19. The molecule has 0 aromatic heterocycles. The van der Waals surface area contributed by atoms with Crippen molar-refractivity contribution in [3.63, 3.8) is 0 Å². The maximum Gasteiger partial charge on any atom is 0.0733 e. The number of hydrogen-bond donors (Lipinski definition) is 2. The number of halogens is 1. The van der Waals surface area contributed by atoms with Crippen LogP contribution in [0, 0.1) is 12.8 Å². The number of nitrogens with two attached hydrogens (primary N) is 1. The molecule has 3 N–H and O–H groups in total. The van der Waals surface area contributed by atoms with Gasteiger partial charge in [-0.25, -0.2) is 0 Å². The maximum absolute atomic E-state index is 10.3. The molecule has 0 spiro atoms. The van der Waals surface area contributed by atoms with E-state index in [4.69, 9.17) is 5.73 Å². The fraction of sp³-hybridized carbons (Fsp3) is 0.444. The number of aliphatic hydroxyl groups is 1. The number of fused-ring (bicyclic) bond motifs is 1. The molecular weight excluding hydrogens is 282 g/mol. The lowest BCUT2D eigenvalue weighted by molar-refractivity contribution is 0.129. The van der Waals surface area contributed by atoms with Gasteiger partial charge in [0.2, 0.25) is 0 Å². The van der Waals surface area contributed by atoms with Crippen LogP contribution in [0.25, 0.3) is 10.8 Å². The largest absolute Gasteiger partial charge is 0.391 e. The summed E-state index contributed by atoms with van der Waals surface area (Å²) >= 11 is 0. The molecule has 116 valence electrons. The molecule has 0 saturated heterocycles. The Hall–Kier alpha value is -1.09. The molecule has 0 heterocycles. The second kappa shape index (κ2) is 7.79. The summed E-state index contributed by atoms with van der Waals surface area (Å²) in [7, 11) is 0. The minimum atomic E-state index is -0.483. The third-order valence-corrected chi connectivity index (χ3v) is 3.99. The summed E-state index contributed by atoms with van der Waals surface area (Å²) in [4.78, 5) is 0. The van der Waals surface area contributed by atoms with Crippen LogP contribution in [-0.2, 0) is 0 Å². The first kappa shape index (κ1) is 18.0. The van der Waals surface area contributed by atoms with E-state index in [0.29, 0.717) is 5.92 Å². The van der Waals surface area contributed by atoms with Crippen LogP contribution >= 0.6 is 12.4 Å². The third-order valence-electron chi connectivity index (χ3n) is 3.99. The molecule has 2 atom stereocenters. The minimum absolute atomic E-state index is 0. The molecule has 0 aliphatic heterocycles. The summed E-state index contributed by atoms with van der Waals surface area (Å²) in [6, 6.07) is 12.1. The van der Waals surface area contributed by atoms with E-state index in [1.807, 2.05) is 12.1 Å². The average molecular weight is 308 g/mol. The standard InChI is InChI=1S/C18H25NO.ClH/c1-12(2)8-11-17(20)18(19)16-10-9-13(3)14-6-4-5-7-15(14)16;/h4-7,9-10,12,17-18,20H,8,11,19H2,1-3H3;1H/t17-,18+;/m0./s1. The van der Waals surface area contributed by atoms with E-state index in [0.717, 1.165) is 23.8 Å². The highest BCUT2D eigenvalue weighted by molar-refractivity contribution is 5.89. The molecule has 2 rings (SSSR count). The van der Waals surface area contributed by atoms with Gasteiger partial charge in [0.1, 0.15) is 0 Å². The molecule has 21 heavy (non-hydrogen) atoms. The molecule has 0 fully saturated rings. The number of hydrogen-bond acceptors (Lipinski definition) is 2. The van der Waals surface area contributed by atoms with Crippen LogP contribution < -0.4 is 5.73 Å². The van der Waals surface area contributed by atoms with Crippen LogP contribution in [0.1, 0.15) is 43.9 Å². The summed E-state index contributed by atoms with van der Waals surface area (Å²) in [5.74, 6) is 0.589. The summed E-state index contributed by atoms with van der Waals surface area (Å²) < 4.78 is 0. The van der Waals surface area contributed by atoms with Gasteiger partial charge in [-0.1, -0.05) is 50.2 Å². The Morgan fingerprint density at radius 1 is 1.00 bits per heavy atom. The van der Waals surface area contributed by atoms with Crippen molar-refractivity contribution < 1.29 is 5.11 Å². The van der Waals surface area contributed by atoms with E-state index in [1.165, 1.54) is 10.9 Å². The van der Waals surface area contributed by atoms with Gasteiger partial charge in [-0.3, -0.25) is 0 Å². The van der Waals surface area contributed by atoms with Crippen LogP contribution in [0.15, 0.2) is 36.4 Å². The van der Waals surface area contributed by atoms with Crippen molar-refractivity contribution in [3.05, 3.63) is 47.5 Å². The Labute approximate surface area is 133 Å². The Kier molecular flexibility index (Phi) is 6.66. The molecule has 0 unspecified atom stereocenters. The zero-order valence-corrected chi connectivity index (χ0v) is 13.9. The first-order valence-corrected chi connectivity index (χ1v) is 7.42. The smallest absolute Gasteiger partial charge is 0.0733 e. The highest BCUT2D eigenvalue weighted by atomic mass is 35.5. The van der Waals surface area contributed by atoms with Crippen molar-refractivity contribution in [1.82, 2.24) is 0 Å². The van der Waals surface area contributed by atoms with Gasteiger partial charge in [0, 0.05) is 0 Å². The van der Waals surface area contributed by atoms with Gasteiger partial charge >= 0.3 is 0 Å². The lowest BCUT2D eigenvalue weighted by Gasteiger charge is -2.22. The fourth-order valence-corrected chi connectivity index (χ4v) is 2.65. The number of rotatable bonds is 5. The van der Waals surface area contributed by atoms with Gasteiger partial charge in [0.05, 0.1) is 12.1 Å². The first-order valence-electron chi connectivity index (χ1n) is 7.42. The quantitative estimate of drug-likeness (QED) is 0.861. The van der Waals surface area contributed by atoms with Gasteiger partial charge < -0.3 is 10.8 Å². The van der Waals surface area contributed by atoms with Crippen LogP contribution in [0.5, 0.6) is 0 Å². The van der Waals surface area contributed by atoms with Gasteiger partial charge in [-0.2, -0.15) is 0 Å². The summed E-state index contributed by atoms with van der Waals surface area (Å²) in [6.45, 7) is 6.44. The molecule has 0 saturated carbocycles. The first-order chi connectivity index (χ1) is 9.50. The van der Waals surface area contributed by atoms with Crippen LogP contribution in [0.2, 0.25) is 0 Å².